The maximum absolute atomic E-state index is 13.9. The molecule has 0 radical (unpaired) electrons. The van der Waals surface area contributed by atoms with E-state index >= 15 is 0 Å². The lowest BCUT2D eigenvalue weighted by Gasteiger charge is -2.16. The summed E-state index contributed by atoms with van der Waals surface area (Å²) in [4.78, 5) is 29.1. The number of hydrogen-bond acceptors (Lipinski definition) is 7. The molecule has 8 nitrogen and oxygen atoms in total. The number of halogens is 1. The standard InChI is InChI=1S/C20H23FN6O2S2/c1-5-27-16(12(3)23-18(29)14-8-6-7-9-15(14)21)25-26-20(27)31-13(4)17(28)24-19-22-11(2)10-30-19/h6-10,12-13H,5H2,1-4H3,(H,23,29)(H,22,24,28)/t12-,13-/m0/s1. The molecule has 0 aliphatic carbocycles. The van der Waals surface area contributed by atoms with Gasteiger partial charge >= 0.3 is 0 Å². The van der Waals surface area contributed by atoms with Gasteiger partial charge in [-0.15, -0.1) is 21.5 Å². The smallest absolute Gasteiger partial charge is 0.254 e. The molecule has 0 spiro atoms. The lowest BCUT2D eigenvalue weighted by atomic mass is 10.2. The number of aromatic nitrogens is 4. The number of aryl methyl sites for hydroxylation is 1. The zero-order chi connectivity index (χ0) is 22.5. The van der Waals surface area contributed by atoms with Crippen LogP contribution in [0.2, 0.25) is 0 Å². The van der Waals surface area contributed by atoms with Crippen molar-refractivity contribution >= 4 is 40.0 Å². The van der Waals surface area contributed by atoms with Crippen molar-refractivity contribution in [3.63, 3.8) is 0 Å². The molecule has 2 atom stereocenters. The van der Waals surface area contributed by atoms with Gasteiger partial charge in [-0.05, 0) is 39.8 Å². The molecule has 3 rings (SSSR count). The summed E-state index contributed by atoms with van der Waals surface area (Å²) in [6, 6.07) is 5.29. The zero-order valence-electron chi connectivity index (χ0n) is 17.5. The Hall–Kier alpha value is -2.79. The summed E-state index contributed by atoms with van der Waals surface area (Å²) in [5.41, 5.74) is 0.816. The number of carbonyl (C=O) groups is 2. The summed E-state index contributed by atoms with van der Waals surface area (Å²) in [6.45, 7) is 7.86. The van der Waals surface area contributed by atoms with Crippen molar-refractivity contribution in [1.82, 2.24) is 25.1 Å². The minimum atomic E-state index is -0.587. The summed E-state index contributed by atoms with van der Waals surface area (Å²) >= 11 is 2.64. The Morgan fingerprint density at radius 3 is 2.65 bits per heavy atom. The van der Waals surface area contributed by atoms with Crippen LogP contribution in [0.1, 0.15) is 48.7 Å². The zero-order valence-corrected chi connectivity index (χ0v) is 19.2. The molecule has 0 bridgehead atoms. The van der Waals surface area contributed by atoms with Gasteiger partial charge in [-0.1, -0.05) is 23.9 Å². The summed E-state index contributed by atoms with van der Waals surface area (Å²) < 4.78 is 15.7. The van der Waals surface area contributed by atoms with E-state index in [0.717, 1.165) is 5.69 Å². The molecular formula is C20H23FN6O2S2. The SMILES string of the molecule is CCn1c(S[C@@H](C)C(=O)Nc2nc(C)cs2)nnc1[C@H](C)NC(=O)c1ccccc1F. The maximum Gasteiger partial charge on any atom is 0.254 e. The quantitative estimate of drug-likeness (QED) is 0.494. The highest BCUT2D eigenvalue weighted by atomic mass is 32.2. The monoisotopic (exact) mass is 462 g/mol. The number of carbonyl (C=O) groups excluding carboxylic acids is 2. The van der Waals surface area contributed by atoms with Crippen LogP contribution < -0.4 is 10.6 Å². The molecule has 164 valence electrons. The predicted octanol–water partition coefficient (Wildman–Crippen LogP) is 3.81. The van der Waals surface area contributed by atoms with Crippen LogP contribution in [-0.2, 0) is 11.3 Å². The van der Waals surface area contributed by atoms with E-state index in [1.165, 1.54) is 41.3 Å². The second-order valence-electron chi connectivity index (χ2n) is 6.80. The van der Waals surface area contributed by atoms with Gasteiger partial charge in [-0.3, -0.25) is 9.59 Å². The number of benzene rings is 1. The first-order valence-electron chi connectivity index (χ1n) is 9.68. The van der Waals surface area contributed by atoms with Gasteiger partial charge in [0.2, 0.25) is 5.91 Å². The fourth-order valence-corrected chi connectivity index (χ4v) is 4.43. The lowest BCUT2D eigenvalue weighted by molar-refractivity contribution is -0.115. The highest BCUT2D eigenvalue weighted by Gasteiger charge is 2.24. The van der Waals surface area contributed by atoms with Crippen molar-refractivity contribution in [1.29, 1.82) is 0 Å². The van der Waals surface area contributed by atoms with Crippen LogP contribution in [-0.4, -0.2) is 36.8 Å². The van der Waals surface area contributed by atoms with Gasteiger partial charge in [0, 0.05) is 11.9 Å². The summed E-state index contributed by atoms with van der Waals surface area (Å²) in [5, 5.41) is 16.5. The first kappa shape index (κ1) is 22.9. The molecule has 31 heavy (non-hydrogen) atoms. The van der Waals surface area contributed by atoms with Crippen molar-refractivity contribution in [3.05, 3.63) is 52.5 Å². The first-order valence-corrected chi connectivity index (χ1v) is 11.4. The molecule has 3 aromatic rings. The van der Waals surface area contributed by atoms with Crippen LogP contribution in [0.15, 0.2) is 34.8 Å². The minimum absolute atomic E-state index is 0.0331. The first-order chi connectivity index (χ1) is 14.8. The minimum Gasteiger partial charge on any atom is -0.342 e. The number of hydrogen-bond donors (Lipinski definition) is 2. The van der Waals surface area contributed by atoms with E-state index in [0.29, 0.717) is 22.7 Å². The van der Waals surface area contributed by atoms with E-state index in [9.17, 15) is 14.0 Å². The van der Waals surface area contributed by atoms with E-state index < -0.39 is 23.0 Å². The van der Waals surface area contributed by atoms with Crippen molar-refractivity contribution in [2.24, 2.45) is 0 Å². The van der Waals surface area contributed by atoms with Crippen LogP contribution in [0, 0.1) is 12.7 Å². The molecule has 2 heterocycles. The number of anilines is 1. The Bertz CT molecular complexity index is 1080. The van der Waals surface area contributed by atoms with Gasteiger partial charge < -0.3 is 15.2 Å². The summed E-state index contributed by atoms with van der Waals surface area (Å²) in [5.74, 6) is -0.780. The third-order valence-electron chi connectivity index (χ3n) is 4.42. The van der Waals surface area contributed by atoms with E-state index in [1.54, 1.807) is 19.9 Å². The molecule has 1 aromatic carbocycles. The molecule has 0 aliphatic rings. The number of thiazole rings is 1. The van der Waals surface area contributed by atoms with Crippen LogP contribution in [0.25, 0.3) is 0 Å². The average Bonchev–Trinajstić information content (AvgIpc) is 3.33. The van der Waals surface area contributed by atoms with Crippen molar-refractivity contribution in [2.45, 2.75) is 50.7 Å². The van der Waals surface area contributed by atoms with Gasteiger partial charge in [0.1, 0.15) is 5.82 Å². The Morgan fingerprint density at radius 1 is 1.26 bits per heavy atom. The van der Waals surface area contributed by atoms with Gasteiger partial charge in [-0.25, -0.2) is 9.37 Å². The number of amides is 2. The largest absolute Gasteiger partial charge is 0.342 e. The fraction of sp³-hybridized carbons (Fsp3) is 0.350. The lowest BCUT2D eigenvalue weighted by Crippen LogP contribution is -2.29. The Kier molecular flexibility index (Phi) is 7.39. The summed E-state index contributed by atoms with van der Waals surface area (Å²) in [7, 11) is 0. The fourth-order valence-electron chi connectivity index (χ4n) is 2.82. The maximum atomic E-state index is 13.9. The second kappa shape index (κ2) is 10.0. The number of nitrogens with one attached hydrogen (secondary N) is 2. The number of nitrogens with zero attached hydrogens (tertiary/aromatic N) is 4. The third kappa shape index (κ3) is 5.47. The van der Waals surface area contributed by atoms with Crippen molar-refractivity contribution in [3.8, 4) is 0 Å². The topological polar surface area (TPSA) is 102 Å². The van der Waals surface area contributed by atoms with E-state index in [2.05, 4.69) is 25.8 Å². The normalized spacial score (nSPS) is 12.9. The molecule has 2 amide bonds. The Morgan fingerprint density at radius 2 is 2.00 bits per heavy atom. The van der Waals surface area contributed by atoms with Crippen LogP contribution in [0.4, 0.5) is 9.52 Å². The highest BCUT2D eigenvalue weighted by Crippen LogP contribution is 2.26. The summed E-state index contributed by atoms with van der Waals surface area (Å²) in [6.07, 6.45) is 0. The second-order valence-corrected chi connectivity index (χ2v) is 8.97. The van der Waals surface area contributed by atoms with Crippen molar-refractivity contribution < 1.29 is 14.0 Å². The van der Waals surface area contributed by atoms with Gasteiger partial charge in [0.25, 0.3) is 5.91 Å². The number of rotatable bonds is 8. The van der Waals surface area contributed by atoms with Crippen LogP contribution in [0.5, 0.6) is 0 Å². The molecule has 2 aromatic heterocycles. The van der Waals surface area contributed by atoms with E-state index in [4.69, 9.17) is 0 Å². The van der Waals surface area contributed by atoms with Crippen molar-refractivity contribution in [2.75, 3.05) is 5.32 Å². The molecule has 0 saturated heterocycles. The molecule has 0 aliphatic heterocycles. The van der Waals surface area contributed by atoms with E-state index in [1.807, 2.05) is 23.8 Å². The van der Waals surface area contributed by atoms with Gasteiger partial charge in [0.05, 0.1) is 22.5 Å². The molecule has 0 unspecified atom stereocenters. The van der Waals surface area contributed by atoms with Crippen LogP contribution in [0.3, 0.4) is 0 Å². The third-order valence-corrected chi connectivity index (χ3v) is 6.37. The van der Waals surface area contributed by atoms with Gasteiger partial charge in [-0.2, -0.15) is 0 Å². The number of thioether (sulfide) groups is 1. The highest BCUT2D eigenvalue weighted by molar-refractivity contribution is 8.00. The Labute approximate surface area is 187 Å². The molecule has 0 fully saturated rings. The van der Waals surface area contributed by atoms with E-state index in [-0.39, 0.29) is 11.5 Å². The average molecular weight is 463 g/mol. The van der Waals surface area contributed by atoms with Gasteiger partial charge in [0.15, 0.2) is 16.1 Å². The molecule has 0 saturated carbocycles. The molecular weight excluding hydrogens is 439 g/mol. The molecule has 11 heteroatoms. The molecule has 2 N–H and O–H groups in total. The van der Waals surface area contributed by atoms with Crippen LogP contribution >= 0.6 is 23.1 Å². The predicted molar refractivity (Wildman–Crippen MR) is 119 cm³/mol. The Balaban J connectivity index is 1.68.